The van der Waals surface area contributed by atoms with Crippen molar-refractivity contribution < 1.29 is 13.9 Å². The van der Waals surface area contributed by atoms with Crippen molar-refractivity contribution in [3.8, 4) is 0 Å². The van der Waals surface area contributed by atoms with Crippen molar-refractivity contribution in [3.63, 3.8) is 0 Å². The maximum Gasteiger partial charge on any atom is 0.349 e. The molecule has 1 aliphatic heterocycles. The summed E-state index contributed by atoms with van der Waals surface area (Å²) < 4.78 is 10.2. The first-order valence-electron chi connectivity index (χ1n) is 5.37. The molecule has 90 valence electrons. The van der Waals surface area contributed by atoms with Crippen LogP contribution in [0, 0.1) is 6.92 Å². The molecule has 0 radical (unpaired) electrons. The van der Waals surface area contributed by atoms with Crippen LogP contribution in [0.15, 0.2) is 33.7 Å². The van der Waals surface area contributed by atoms with Gasteiger partial charge in [0.05, 0.1) is 6.26 Å². The number of esters is 1. The van der Waals surface area contributed by atoms with E-state index < -0.39 is 11.5 Å². The fraction of sp³-hybridized carbons (Fsp3) is 0.0769. The smallest absolute Gasteiger partial charge is 0.349 e. The first-order chi connectivity index (χ1) is 8.65. The number of aryl methyl sites for hydroxylation is 1. The van der Waals surface area contributed by atoms with Crippen molar-refractivity contribution in [3.05, 3.63) is 57.4 Å². The van der Waals surface area contributed by atoms with Gasteiger partial charge >= 0.3 is 5.97 Å². The third-order valence-corrected chi connectivity index (χ3v) is 2.66. The van der Waals surface area contributed by atoms with Crippen molar-refractivity contribution in [1.82, 2.24) is 4.98 Å². The second-order valence-corrected chi connectivity index (χ2v) is 3.98. The molecule has 18 heavy (non-hydrogen) atoms. The van der Waals surface area contributed by atoms with Crippen LogP contribution in [0.2, 0.25) is 0 Å². The van der Waals surface area contributed by atoms with Gasteiger partial charge in [0.1, 0.15) is 17.1 Å². The molecule has 0 fully saturated rings. The fourth-order valence-electron chi connectivity index (χ4n) is 1.90. The third-order valence-electron chi connectivity index (χ3n) is 2.66. The molecular weight excluding hydrogens is 234 g/mol. The van der Waals surface area contributed by atoms with Crippen LogP contribution in [-0.4, -0.2) is 11.0 Å². The first kappa shape index (κ1) is 10.6. The number of rotatable bonds is 1. The highest BCUT2D eigenvalue weighted by atomic mass is 16.5. The molecule has 1 aliphatic rings. The summed E-state index contributed by atoms with van der Waals surface area (Å²) in [6.07, 6.45) is 3.11. The Morgan fingerprint density at radius 2 is 2.17 bits per heavy atom. The van der Waals surface area contributed by atoms with E-state index >= 15 is 0 Å². The standard InChI is InChI=1S/C13H9NO4/c1-7-5-9-10(6-8-3-2-4-17-8)18-13(16)11(9)12(15)14-7/h2-6H,1H3,(H,14,15). The summed E-state index contributed by atoms with van der Waals surface area (Å²) >= 11 is 0. The molecule has 0 saturated carbocycles. The molecule has 0 aliphatic carbocycles. The number of furan rings is 1. The minimum atomic E-state index is -0.635. The van der Waals surface area contributed by atoms with E-state index in [2.05, 4.69) is 4.98 Å². The number of hydrogen-bond acceptors (Lipinski definition) is 4. The minimum absolute atomic E-state index is 0.0402. The van der Waals surface area contributed by atoms with Crippen LogP contribution in [0.5, 0.6) is 0 Å². The Balaban J connectivity index is 2.20. The zero-order valence-corrected chi connectivity index (χ0v) is 9.52. The van der Waals surface area contributed by atoms with Crippen molar-refractivity contribution in [1.29, 1.82) is 0 Å². The van der Waals surface area contributed by atoms with Crippen LogP contribution in [0.25, 0.3) is 11.8 Å². The number of carbonyl (C=O) groups is 1. The summed E-state index contributed by atoms with van der Waals surface area (Å²) in [6.45, 7) is 1.75. The number of ether oxygens (including phenoxy) is 1. The van der Waals surface area contributed by atoms with Crippen molar-refractivity contribution in [2.45, 2.75) is 6.92 Å². The average molecular weight is 243 g/mol. The van der Waals surface area contributed by atoms with E-state index in [0.717, 1.165) is 0 Å². The van der Waals surface area contributed by atoms with Gasteiger partial charge in [-0.15, -0.1) is 0 Å². The van der Waals surface area contributed by atoms with Crippen LogP contribution >= 0.6 is 0 Å². The Bertz CT molecular complexity index is 707. The Kier molecular flexibility index (Phi) is 2.19. The molecule has 2 aromatic rings. The number of aromatic nitrogens is 1. The van der Waals surface area contributed by atoms with E-state index in [1.807, 2.05) is 0 Å². The monoisotopic (exact) mass is 243 g/mol. The van der Waals surface area contributed by atoms with Gasteiger partial charge in [-0.05, 0) is 25.1 Å². The van der Waals surface area contributed by atoms with Crippen LogP contribution in [0.1, 0.15) is 27.4 Å². The highest BCUT2D eigenvalue weighted by Crippen LogP contribution is 2.29. The second-order valence-electron chi connectivity index (χ2n) is 3.98. The lowest BCUT2D eigenvalue weighted by Crippen LogP contribution is -2.16. The van der Waals surface area contributed by atoms with Gasteiger partial charge in [-0.2, -0.15) is 0 Å². The molecule has 0 aromatic carbocycles. The zero-order valence-electron chi connectivity index (χ0n) is 9.52. The van der Waals surface area contributed by atoms with Gasteiger partial charge in [-0.25, -0.2) is 4.79 Å². The van der Waals surface area contributed by atoms with E-state index in [4.69, 9.17) is 9.15 Å². The molecule has 3 heterocycles. The van der Waals surface area contributed by atoms with Crippen molar-refractivity contribution >= 4 is 17.8 Å². The molecule has 0 spiro atoms. The van der Waals surface area contributed by atoms with Gasteiger partial charge in [-0.1, -0.05) is 0 Å². The molecule has 1 N–H and O–H groups in total. The maximum atomic E-state index is 11.7. The highest BCUT2D eigenvalue weighted by molar-refractivity contribution is 6.05. The average Bonchev–Trinajstić information content (AvgIpc) is 2.88. The van der Waals surface area contributed by atoms with Gasteiger partial charge < -0.3 is 14.1 Å². The quantitative estimate of drug-likeness (QED) is 0.777. The van der Waals surface area contributed by atoms with Crippen molar-refractivity contribution in [2.24, 2.45) is 0 Å². The molecule has 3 rings (SSSR count). The number of aromatic amines is 1. The lowest BCUT2D eigenvalue weighted by Gasteiger charge is -1.98. The summed E-state index contributed by atoms with van der Waals surface area (Å²) in [5.41, 5.74) is 0.774. The number of pyridine rings is 1. The summed E-state index contributed by atoms with van der Waals surface area (Å²) in [4.78, 5) is 25.9. The first-order valence-corrected chi connectivity index (χ1v) is 5.37. The summed E-state index contributed by atoms with van der Waals surface area (Å²) in [5.74, 6) is 0.256. The number of fused-ring (bicyclic) bond motifs is 1. The minimum Gasteiger partial charge on any atom is -0.465 e. The topological polar surface area (TPSA) is 72.3 Å². The number of nitrogens with one attached hydrogen (secondary N) is 1. The number of cyclic esters (lactones) is 1. The van der Waals surface area contributed by atoms with Gasteiger partial charge in [0, 0.05) is 17.3 Å². The van der Waals surface area contributed by atoms with E-state index in [1.165, 1.54) is 6.26 Å². The predicted molar refractivity (Wildman–Crippen MR) is 63.8 cm³/mol. The maximum absolute atomic E-state index is 11.7. The molecule has 0 amide bonds. The molecule has 5 heteroatoms. The van der Waals surface area contributed by atoms with Crippen LogP contribution in [0.4, 0.5) is 0 Å². The molecule has 5 nitrogen and oxygen atoms in total. The Hall–Kier alpha value is -2.56. The lowest BCUT2D eigenvalue weighted by atomic mass is 10.1. The number of H-pyrrole nitrogens is 1. The van der Waals surface area contributed by atoms with Gasteiger partial charge in [0.15, 0.2) is 0 Å². The Morgan fingerprint density at radius 1 is 1.33 bits per heavy atom. The van der Waals surface area contributed by atoms with Crippen molar-refractivity contribution in [2.75, 3.05) is 0 Å². The summed E-state index contributed by atoms with van der Waals surface area (Å²) in [6, 6.07) is 5.17. The van der Waals surface area contributed by atoms with E-state index in [0.29, 0.717) is 22.8 Å². The van der Waals surface area contributed by atoms with Gasteiger partial charge in [0.25, 0.3) is 5.56 Å². The molecule has 0 atom stereocenters. The van der Waals surface area contributed by atoms with Crippen LogP contribution < -0.4 is 5.56 Å². The SMILES string of the molecule is Cc1cc2c(c(=O)[nH]1)C(=O)OC2=Cc1ccco1. The number of hydrogen-bond donors (Lipinski definition) is 1. The second kappa shape index (κ2) is 3.73. The molecule has 2 aromatic heterocycles. The normalized spacial score (nSPS) is 15.8. The van der Waals surface area contributed by atoms with E-state index in [-0.39, 0.29) is 5.56 Å². The number of carbonyl (C=O) groups excluding carboxylic acids is 1. The molecule has 0 unspecified atom stereocenters. The van der Waals surface area contributed by atoms with Crippen LogP contribution in [-0.2, 0) is 4.74 Å². The Labute approximate surface area is 102 Å². The van der Waals surface area contributed by atoms with Crippen LogP contribution in [0.3, 0.4) is 0 Å². The zero-order chi connectivity index (χ0) is 12.7. The Morgan fingerprint density at radius 3 is 2.89 bits per heavy atom. The molecule has 0 saturated heterocycles. The largest absolute Gasteiger partial charge is 0.465 e. The third kappa shape index (κ3) is 1.57. The van der Waals surface area contributed by atoms with E-state index in [9.17, 15) is 9.59 Å². The van der Waals surface area contributed by atoms with E-state index in [1.54, 1.807) is 31.2 Å². The lowest BCUT2D eigenvalue weighted by molar-refractivity contribution is 0.0715. The highest BCUT2D eigenvalue weighted by Gasteiger charge is 2.30. The summed E-state index contributed by atoms with van der Waals surface area (Å²) in [7, 11) is 0. The summed E-state index contributed by atoms with van der Waals surface area (Å²) in [5, 5.41) is 0. The molecule has 0 bridgehead atoms. The fourth-order valence-corrected chi connectivity index (χ4v) is 1.90. The van der Waals surface area contributed by atoms with Gasteiger partial charge in [-0.3, -0.25) is 4.79 Å². The van der Waals surface area contributed by atoms with Gasteiger partial charge in [0.2, 0.25) is 0 Å². The predicted octanol–water partition coefficient (Wildman–Crippen LogP) is 1.94. The molecular formula is C13H9NO4.